The summed E-state index contributed by atoms with van der Waals surface area (Å²) in [6, 6.07) is 1.55. The monoisotopic (exact) mass is 296 g/mol. The molecule has 0 saturated heterocycles. The molecule has 0 aromatic heterocycles. The van der Waals surface area contributed by atoms with E-state index in [1.807, 2.05) is 20.8 Å². The molecule has 0 heterocycles. The molecule has 21 heavy (non-hydrogen) atoms. The molecule has 4 nitrogen and oxygen atoms in total. The molecule has 2 aliphatic rings. The van der Waals surface area contributed by atoms with Crippen LogP contribution in [-0.4, -0.2) is 29.8 Å². The maximum Gasteiger partial charge on any atom is 0.407 e. The standard InChI is InChI=1S/C17H32N2O2/c1-12(13-6-5-7-13)18-14-8-10-15(11-9-14)19-16(20)21-17(2,3)4/h12-15,18H,5-11H2,1-4H3,(H,19,20). The van der Waals surface area contributed by atoms with E-state index in [1.54, 1.807) is 0 Å². The Morgan fingerprint density at radius 2 is 1.62 bits per heavy atom. The number of carbonyl (C=O) groups excluding carboxylic acids is 1. The van der Waals surface area contributed by atoms with E-state index in [0.29, 0.717) is 12.1 Å². The van der Waals surface area contributed by atoms with Crippen molar-refractivity contribution in [2.75, 3.05) is 0 Å². The van der Waals surface area contributed by atoms with Crippen LogP contribution in [0.3, 0.4) is 0 Å². The molecule has 0 aromatic rings. The number of alkyl carbamates (subject to hydrolysis) is 1. The highest BCUT2D eigenvalue weighted by molar-refractivity contribution is 5.68. The molecule has 2 N–H and O–H groups in total. The number of hydrogen-bond donors (Lipinski definition) is 2. The number of nitrogens with one attached hydrogen (secondary N) is 2. The fourth-order valence-electron chi connectivity index (χ4n) is 3.33. The third kappa shape index (κ3) is 5.50. The van der Waals surface area contributed by atoms with Crippen molar-refractivity contribution < 1.29 is 9.53 Å². The highest BCUT2D eigenvalue weighted by atomic mass is 16.6. The average molecular weight is 296 g/mol. The Morgan fingerprint density at radius 1 is 1.05 bits per heavy atom. The zero-order valence-electron chi connectivity index (χ0n) is 14.1. The third-order valence-electron chi connectivity index (χ3n) is 4.80. The van der Waals surface area contributed by atoms with Gasteiger partial charge in [0.05, 0.1) is 0 Å². The normalized spacial score (nSPS) is 28.6. The van der Waals surface area contributed by atoms with E-state index in [9.17, 15) is 4.79 Å². The molecule has 0 bridgehead atoms. The molecule has 4 heteroatoms. The maximum absolute atomic E-state index is 11.8. The van der Waals surface area contributed by atoms with E-state index in [2.05, 4.69) is 17.6 Å². The SMILES string of the molecule is CC(NC1CCC(NC(=O)OC(C)(C)C)CC1)C1CCC1. The van der Waals surface area contributed by atoms with Crippen molar-refractivity contribution in [3.63, 3.8) is 0 Å². The van der Waals surface area contributed by atoms with E-state index < -0.39 is 5.60 Å². The highest BCUT2D eigenvalue weighted by Crippen LogP contribution is 2.30. The molecule has 2 fully saturated rings. The van der Waals surface area contributed by atoms with Crippen molar-refractivity contribution in [2.45, 2.75) is 96.4 Å². The van der Waals surface area contributed by atoms with Crippen molar-refractivity contribution in [3.05, 3.63) is 0 Å². The molecular weight excluding hydrogens is 264 g/mol. The highest BCUT2D eigenvalue weighted by Gasteiger charge is 2.28. The molecule has 1 unspecified atom stereocenters. The molecule has 122 valence electrons. The van der Waals surface area contributed by atoms with Crippen LogP contribution in [-0.2, 0) is 4.74 Å². The summed E-state index contributed by atoms with van der Waals surface area (Å²) in [5.41, 5.74) is -0.416. The average Bonchev–Trinajstić information content (AvgIpc) is 2.26. The van der Waals surface area contributed by atoms with Crippen molar-refractivity contribution in [2.24, 2.45) is 5.92 Å². The summed E-state index contributed by atoms with van der Waals surface area (Å²) in [4.78, 5) is 11.8. The number of hydrogen-bond acceptors (Lipinski definition) is 3. The Morgan fingerprint density at radius 3 is 2.10 bits per heavy atom. The molecular formula is C17H32N2O2. The van der Waals surface area contributed by atoms with Gasteiger partial charge in [-0.15, -0.1) is 0 Å². The fraction of sp³-hybridized carbons (Fsp3) is 0.941. The van der Waals surface area contributed by atoms with Crippen LogP contribution >= 0.6 is 0 Å². The van der Waals surface area contributed by atoms with Gasteiger partial charge in [0.1, 0.15) is 5.60 Å². The molecule has 1 amide bonds. The first-order chi connectivity index (χ1) is 9.83. The zero-order chi connectivity index (χ0) is 15.5. The van der Waals surface area contributed by atoms with Gasteiger partial charge in [0.2, 0.25) is 0 Å². The first kappa shape index (κ1) is 16.6. The molecule has 0 radical (unpaired) electrons. The lowest BCUT2D eigenvalue weighted by molar-refractivity contribution is 0.0488. The van der Waals surface area contributed by atoms with Crippen LogP contribution in [0, 0.1) is 5.92 Å². The minimum Gasteiger partial charge on any atom is -0.444 e. The van der Waals surface area contributed by atoms with Crippen molar-refractivity contribution >= 4 is 6.09 Å². The Bertz CT molecular complexity index is 339. The predicted molar refractivity (Wildman–Crippen MR) is 85.4 cm³/mol. The van der Waals surface area contributed by atoms with Gasteiger partial charge < -0.3 is 15.4 Å². The maximum atomic E-state index is 11.8. The summed E-state index contributed by atoms with van der Waals surface area (Å²) >= 11 is 0. The van der Waals surface area contributed by atoms with Crippen LogP contribution in [0.25, 0.3) is 0 Å². The topological polar surface area (TPSA) is 50.4 Å². The van der Waals surface area contributed by atoms with E-state index in [-0.39, 0.29) is 12.1 Å². The second-order valence-corrected chi connectivity index (χ2v) is 7.84. The first-order valence-electron chi connectivity index (χ1n) is 8.59. The van der Waals surface area contributed by atoms with E-state index in [1.165, 1.54) is 19.3 Å². The summed E-state index contributed by atoms with van der Waals surface area (Å²) in [7, 11) is 0. The lowest BCUT2D eigenvalue weighted by Crippen LogP contribution is -2.47. The van der Waals surface area contributed by atoms with Crippen LogP contribution in [0.15, 0.2) is 0 Å². The molecule has 0 aromatic carbocycles. The summed E-state index contributed by atoms with van der Waals surface area (Å²) < 4.78 is 5.32. The van der Waals surface area contributed by atoms with Gasteiger partial charge in [-0.25, -0.2) is 4.79 Å². The Hall–Kier alpha value is -0.770. The van der Waals surface area contributed by atoms with Crippen LogP contribution in [0.5, 0.6) is 0 Å². The molecule has 2 aliphatic carbocycles. The van der Waals surface area contributed by atoms with Gasteiger partial charge >= 0.3 is 6.09 Å². The van der Waals surface area contributed by atoms with Gasteiger partial charge in [0.15, 0.2) is 0 Å². The fourth-order valence-corrected chi connectivity index (χ4v) is 3.33. The van der Waals surface area contributed by atoms with Crippen LogP contribution in [0.4, 0.5) is 4.79 Å². The van der Waals surface area contributed by atoms with Crippen molar-refractivity contribution in [1.82, 2.24) is 10.6 Å². The second-order valence-electron chi connectivity index (χ2n) is 7.84. The van der Waals surface area contributed by atoms with Gasteiger partial charge in [-0.3, -0.25) is 0 Å². The number of amides is 1. The molecule has 2 rings (SSSR count). The third-order valence-corrected chi connectivity index (χ3v) is 4.80. The van der Waals surface area contributed by atoms with Gasteiger partial charge in [-0.2, -0.15) is 0 Å². The Kier molecular flexibility index (Phi) is 5.53. The van der Waals surface area contributed by atoms with Gasteiger partial charge in [0, 0.05) is 18.1 Å². The van der Waals surface area contributed by atoms with Gasteiger partial charge in [0.25, 0.3) is 0 Å². The second kappa shape index (κ2) is 6.99. The van der Waals surface area contributed by atoms with Gasteiger partial charge in [-0.1, -0.05) is 6.42 Å². The zero-order valence-corrected chi connectivity index (χ0v) is 14.1. The van der Waals surface area contributed by atoms with E-state index in [4.69, 9.17) is 4.74 Å². The summed E-state index contributed by atoms with van der Waals surface area (Å²) in [6.45, 7) is 8.02. The Balaban J connectivity index is 1.64. The lowest BCUT2D eigenvalue weighted by atomic mass is 9.79. The largest absolute Gasteiger partial charge is 0.444 e. The minimum absolute atomic E-state index is 0.275. The molecule has 0 aliphatic heterocycles. The number of rotatable bonds is 4. The first-order valence-corrected chi connectivity index (χ1v) is 8.59. The van der Waals surface area contributed by atoms with Crippen LogP contribution < -0.4 is 10.6 Å². The van der Waals surface area contributed by atoms with Crippen molar-refractivity contribution in [3.8, 4) is 0 Å². The van der Waals surface area contributed by atoms with Crippen LogP contribution in [0.1, 0.15) is 72.6 Å². The van der Waals surface area contributed by atoms with E-state index in [0.717, 1.165) is 31.6 Å². The molecule has 2 saturated carbocycles. The lowest BCUT2D eigenvalue weighted by Gasteiger charge is -2.37. The quantitative estimate of drug-likeness (QED) is 0.833. The van der Waals surface area contributed by atoms with Crippen molar-refractivity contribution in [1.29, 1.82) is 0 Å². The van der Waals surface area contributed by atoms with E-state index >= 15 is 0 Å². The molecule has 1 atom stereocenters. The Labute approximate surface area is 129 Å². The number of carbonyl (C=O) groups is 1. The minimum atomic E-state index is -0.416. The smallest absolute Gasteiger partial charge is 0.407 e. The predicted octanol–water partition coefficient (Wildman–Crippen LogP) is 3.60. The molecule has 0 spiro atoms. The summed E-state index contributed by atoms with van der Waals surface area (Å²) in [5, 5.41) is 6.79. The van der Waals surface area contributed by atoms with Gasteiger partial charge in [-0.05, 0) is 72.1 Å². The summed E-state index contributed by atoms with van der Waals surface area (Å²) in [5.74, 6) is 0.891. The van der Waals surface area contributed by atoms with Crippen LogP contribution in [0.2, 0.25) is 0 Å². The number of ether oxygens (including phenoxy) is 1. The summed E-state index contributed by atoms with van der Waals surface area (Å²) in [6.07, 6.45) is 8.32.